The Kier molecular flexibility index (Phi) is 2.13. The van der Waals surface area contributed by atoms with Gasteiger partial charge in [0.2, 0.25) is 5.91 Å². The fraction of sp³-hybridized carbons (Fsp3) is 0.462. The molecule has 0 spiro atoms. The molecule has 0 radical (unpaired) electrons. The third-order valence-electron chi connectivity index (χ3n) is 3.70. The summed E-state index contributed by atoms with van der Waals surface area (Å²) in [5, 5.41) is 0. The first-order valence-corrected chi connectivity index (χ1v) is 5.87. The minimum Gasteiger partial charge on any atom is -0.359 e. The van der Waals surface area contributed by atoms with Crippen molar-refractivity contribution in [1.29, 1.82) is 0 Å². The van der Waals surface area contributed by atoms with Gasteiger partial charge in [-0.25, -0.2) is 0 Å². The van der Waals surface area contributed by atoms with Crippen molar-refractivity contribution in [2.75, 3.05) is 25.0 Å². The zero-order chi connectivity index (χ0) is 11.1. The Morgan fingerprint density at radius 3 is 2.81 bits per heavy atom. The van der Waals surface area contributed by atoms with Gasteiger partial charge in [0.1, 0.15) is 6.04 Å². The lowest BCUT2D eigenvalue weighted by Crippen LogP contribution is -2.40. The molecule has 84 valence electrons. The Labute approximate surface area is 95.7 Å². The molecular weight excluding hydrogens is 200 g/mol. The highest BCUT2D eigenvalue weighted by Crippen LogP contribution is 2.32. The SMILES string of the molecule is CN1CCC(N2CCc3ccccc32)C1=O. The van der Waals surface area contributed by atoms with Crippen LogP contribution in [0.25, 0.3) is 0 Å². The number of benzene rings is 1. The highest BCUT2D eigenvalue weighted by molar-refractivity contribution is 5.87. The molecule has 2 heterocycles. The molecule has 1 fully saturated rings. The van der Waals surface area contributed by atoms with Crippen LogP contribution in [-0.4, -0.2) is 37.0 Å². The van der Waals surface area contributed by atoms with Crippen LogP contribution in [0.3, 0.4) is 0 Å². The summed E-state index contributed by atoms with van der Waals surface area (Å²) in [5.74, 6) is 0.275. The van der Waals surface area contributed by atoms with Crippen LogP contribution in [0.15, 0.2) is 24.3 Å². The van der Waals surface area contributed by atoms with Gasteiger partial charge in [0, 0.05) is 25.8 Å². The van der Waals surface area contributed by atoms with Crippen molar-refractivity contribution in [3.05, 3.63) is 29.8 Å². The Hall–Kier alpha value is -1.51. The maximum atomic E-state index is 12.0. The van der Waals surface area contributed by atoms with E-state index in [0.29, 0.717) is 0 Å². The monoisotopic (exact) mass is 216 g/mol. The lowest BCUT2D eigenvalue weighted by Gasteiger charge is -2.25. The minimum absolute atomic E-state index is 0.0775. The molecular formula is C13H16N2O. The summed E-state index contributed by atoms with van der Waals surface area (Å²) in [6.07, 6.45) is 2.04. The van der Waals surface area contributed by atoms with Crippen LogP contribution in [0.1, 0.15) is 12.0 Å². The van der Waals surface area contributed by atoms with Crippen molar-refractivity contribution in [2.45, 2.75) is 18.9 Å². The van der Waals surface area contributed by atoms with Gasteiger partial charge in [0.25, 0.3) is 0 Å². The number of carbonyl (C=O) groups excluding carboxylic acids is 1. The van der Waals surface area contributed by atoms with Crippen LogP contribution < -0.4 is 4.90 Å². The first-order valence-electron chi connectivity index (χ1n) is 5.87. The van der Waals surface area contributed by atoms with Gasteiger partial charge in [0.15, 0.2) is 0 Å². The predicted molar refractivity (Wildman–Crippen MR) is 63.5 cm³/mol. The first kappa shape index (κ1) is 9.70. The summed E-state index contributed by atoms with van der Waals surface area (Å²) >= 11 is 0. The van der Waals surface area contributed by atoms with E-state index in [1.807, 2.05) is 11.9 Å². The predicted octanol–water partition coefficient (Wildman–Crippen LogP) is 1.28. The van der Waals surface area contributed by atoms with E-state index in [-0.39, 0.29) is 11.9 Å². The number of nitrogens with zero attached hydrogens (tertiary/aromatic N) is 2. The molecule has 2 aliphatic rings. The van der Waals surface area contributed by atoms with Gasteiger partial charge in [-0.1, -0.05) is 18.2 Å². The fourth-order valence-electron chi connectivity index (χ4n) is 2.78. The van der Waals surface area contributed by atoms with E-state index in [0.717, 1.165) is 25.9 Å². The van der Waals surface area contributed by atoms with Gasteiger partial charge in [-0.05, 0) is 24.5 Å². The second-order valence-corrected chi connectivity index (χ2v) is 4.64. The molecule has 1 aromatic rings. The number of amides is 1. The highest BCUT2D eigenvalue weighted by Gasteiger charge is 2.36. The highest BCUT2D eigenvalue weighted by atomic mass is 16.2. The Morgan fingerprint density at radius 1 is 1.25 bits per heavy atom. The normalized spacial score (nSPS) is 24.1. The number of rotatable bonds is 1. The zero-order valence-corrected chi connectivity index (χ0v) is 9.52. The number of fused-ring (bicyclic) bond motifs is 1. The third kappa shape index (κ3) is 1.31. The average Bonchev–Trinajstić information content (AvgIpc) is 2.85. The second-order valence-electron chi connectivity index (χ2n) is 4.64. The van der Waals surface area contributed by atoms with E-state index in [1.54, 1.807) is 0 Å². The van der Waals surface area contributed by atoms with Gasteiger partial charge in [-0.3, -0.25) is 4.79 Å². The van der Waals surface area contributed by atoms with Crippen molar-refractivity contribution in [1.82, 2.24) is 4.90 Å². The Balaban J connectivity index is 1.91. The third-order valence-corrected chi connectivity index (χ3v) is 3.70. The number of likely N-dealkylation sites (tertiary alicyclic amines) is 1. The van der Waals surface area contributed by atoms with E-state index < -0.39 is 0 Å². The van der Waals surface area contributed by atoms with Gasteiger partial charge < -0.3 is 9.80 Å². The van der Waals surface area contributed by atoms with Gasteiger partial charge in [-0.15, -0.1) is 0 Å². The molecule has 2 aliphatic heterocycles. The summed E-state index contributed by atoms with van der Waals surface area (Å²) in [6.45, 7) is 1.88. The fourth-order valence-corrected chi connectivity index (χ4v) is 2.78. The quantitative estimate of drug-likeness (QED) is 0.706. The number of anilines is 1. The largest absolute Gasteiger partial charge is 0.359 e. The Bertz CT molecular complexity index is 430. The van der Waals surface area contributed by atoms with E-state index in [2.05, 4.69) is 29.2 Å². The molecule has 0 N–H and O–H groups in total. The van der Waals surface area contributed by atoms with Crippen LogP contribution in [-0.2, 0) is 11.2 Å². The second kappa shape index (κ2) is 3.51. The van der Waals surface area contributed by atoms with Crippen LogP contribution in [0.4, 0.5) is 5.69 Å². The number of hydrogen-bond acceptors (Lipinski definition) is 2. The molecule has 0 saturated carbocycles. The molecule has 1 atom stereocenters. The average molecular weight is 216 g/mol. The number of carbonyl (C=O) groups is 1. The molecule has 1 aromatic carbocycles. The lowest BCUT2D eigenvalue weighted by atomic mass is 10.1. The molecule has 0 aromatic heterocycles. The number of para-hydroxylation sites is 1. The number of hydrogen-bond donors (Lipinski definition) is 0. The van der Waals surface area contributed by atoms with Crippen molar-refractivity contribution in [3.63, 3.8) is 0 Å². The van der Waals surface area contributed by atoms with Crippen LogP contribution in [0.5, 0.6) is 0 Å². The van der Waals surface area contributed by atoms with Crippen LogP contribution in [0.2, 0.25) is 0 Å². The minimum atomic E-state index is 0.0775. The first-order chi connectivity index (χ1) is 7.77. The zero-order valence-electron chi connectivity index (χ0n) is 9.52. The van der Waals surface area contributed by atoms with Gasteiger partial charge in [-0.2, -0.15) is 0 Å². The van der Waals surface area contributed by atoms with Crippen molar-refractivity contribution in [3.8, 4) is 0 Å². The van der Waals surface area contributed by atoms with E-state index in [9.17, 15) is 4.79 Å². The molecule has 3 nitrogen and oxygen atoms in total. The lowest BCUT2D eigenvalue weighted by molar-refractivity contribution is -0.127. The van der Waals surface area contributed by atoms with Crippen molar-refractivity contribution in [2.24, 2.45) is 0 Å². The van der Waals surface area contributed by atoms with Crippen molar-refractivity contribution >= 4 is 11.6 Å². The van der Waals surface area contributed by atoms with E-state index in [4.69, 9.17) is 0 Å². The molecule has 3 rings (SSSR count). The van der Waals surface area contributed by atoms with Crippen LogP contribution in [0, 0.1) is 0 Å². The van der Waals surface area contributed by atoms with Crippen LogP contribution >= 0.6 is 0 Å². The van der Waals surface area contributed by atoms with Gasteiger partial charge in [0.05, 0.1) is 0 Å². The summed E-state index contributed by atoms with van der Waals surface area (Å²) in [7, 11) is 1.89. The van der Waals surface area contributed by atoms with Crippen molar-refractivity contribution < 1.29 is 4.79 Å². The molecule has 16 heavy (non-hydrogen) atoms. The van der Waals surface area contributed by atoms with E-state index >= 15 is 0 Å². The summed E-state index contributed by atoms with van der Waals surface area (Å²) in [6, 6.07) is 8.51. The molecule has 1 unspecified atom stereocenters. The number of likely N-dealkylation sites (N-methyl/N-ethyl adjacent to an activating group) is 1. The maximum Gasteiger partial charge on any atom is 0.245 e. The Morgan fingerprint density at radius 2 is 2.06 bits per heavy atom. The van der Waals surface area contributed by atoms with E-state index in [1.165, 1.54) is 11.3 Å². The molecule has 1 saturated heterocycles. The molecule has 0 bridgehead atoms. The molecule has 0 aliphatic carbocycles. The summed E-state index contributed by atoms with van der Waals surface area (Å²) in [5.41, 5.74) is 2.64. The molecule has 3 heteroatoms. The van der Waals surface area contributed by atoms with Gasteiger partial charge >= 0.3 is 0 Å². The topological polar surface area (TPSA) is 23.6 Å². The summed E-state index contributed by atoms with van der Waals surface area (Å²) < 4.78 is 0. The summed E-state index contributed by atoms with van der Waals surface area (Å²) in [4.78, 5) is 16.1. The maximum absolute atomic E-state index is 12.0. The smallest absolute Gasteiger partial charge is 0.245 e. The standard InChI is InChI=1S/C13H16N2O/c1-14-8-7-12(13(14)16)15-9-6-10-4-2-3-5-11(10)15/h2-5,12H,6-9H2,1H3. The molecule has 1 amide bonds.